The van der Waals surface area contributed by atoms with Gasteiger partial charge in [-0.2, -0.15) is 5.10 Å². The maximum atomic E-state index is 12.1. The van der Waals surface area contributed by atoms with Crippen molar-refractivity contribution in [3.63, 3.8) is 0 Å². The number of morpholine rings is 1. The van der Waals surface area contributed by atoms with Gasteiger partial charge in [-0.1, -0.05) is 6.07 Å². The zero-order valence-corrected chi connectivity index (χ0v) is 16.9. The minimum absolute atomic E-state index is 0.0494. The zero-order chi connectivity index (χ0) is 22.2. The van der Waals surface area contributed by atoms with Crippen LogP contribution in [0.25, 0.3) is 0 Å². The highest BCUT2D eigenvalue weighted by Gasteiger charge is 2.17. The van der Waals surface area contributed by atoms with Crippen molar-refractivity contribution < 1.29 is 24.0 Å². The number of carbonyl (C=O) groups excluding carboxylic acids is 2. The Morgan fingerprint density at radius 3 is 2.61 bits per heavy atom. The second-order valence-electron chi connectivity index (χ2n) is 6.81. The molecule has 10 heteroatoms. The van der Waals surface area contributed by atoms with E-state index in [1.54, 1.807) is 36.1 Å². The van der Waals surface area contributed by atoms with Crippen molar-refractivity contribution in [3.8, 4) is 5.75 Å². The van der Waals surface area contributed by atoms with E-state index in [4.69, 9.17) is 9.47 Å². The van der Waals surface area contributed by atoms with Crippen molar-refractivity contribution in [2.24, 2.45) is 5.10 Å². The molecular weight excluding hydrogens is 404 g/mol. The molecule has 0 radical (unpaired) electrons. The molecule has 162 valence electrons. The maximum Gasteiger partial charge on any atom is 0.273 e. The standard InChI is InChI=1S/C21H22N4O6/c1-15-2-5-17(12-19(15)25(28)29)21(27)23-22-13-16-3-6-18(7-4-16)31-14-20(26)24-8-10-30-11-9-24/h2-7,12-13H,8-11,14H2,1H3,(H,23,27)/b22-13-. The van der Waals surface area contributed by atoms with Crippen LogP contribution in [0.15, 0.2) is 47.6 Å². The van der Waals surface area contributed by atoms with Gasteiger partial charge in [0.05, 0.1) is 24.4 Å². The summed E-state index contributed by atoms with van der Waals surface area (Å²) >= 11 is 0. The molecule has 3 rings (SSSR count). The average Bonchev–Trinajstić information content (AvgIpc) is 2.79. The van der Waals surface area contributed by atoms with Gasteiger partial charge in [0.1, 0.15) is 5.75 Å². The first kappa shape index (κ1) is 21.9. The van der Waals surface area contributed by atoms with Crippen LogP contribution in [0.3, 0.4) is 0 Å². The van der Waals surface area contributed by atoms with Crippen molar-refractivity contribution in [2.75, 3.05) is 32.9 Å². The lowest BCUT2D eigenvalue weighted by atomic mass is 10.1. The van der Waals surface area contributed by atoms with Crippen LogP contribution in [0.1, 0.15) is 21.5 Å². The van der Waals surface area contributed by atoms with Crippen LogP contribution < -0.4 is 10.2 Å². The number of hydrogen-bond acceptors (Lipinski definition) is 7. The fourth-order valence-corrected chi connectivity index (χ4v) is 2.88. The molecule has 1 saturated heterocycles. The van der Waals surface area contributed by atoms with Crippen molar-refractivity contribution in [1.82, 2.24) is 10.3 Å². The summed E-state index contributed by atoms with van der Waals surface area (Å²) in [5, 5.41) is 14.9. The maximum absolute atomic E-state index is 12.1. The summed E-state index contributed by atoms with van der Waals surface area (Å²) in [6, 6.07) is 11.1. The summed E-state index contributed by atoms with van der Waals surface area (Å²) < 4.78 is 10.7. The molecule has 2 aromatic rings. The van der Waals surface area contributed by atoms with Crippen LogP contribution >= 0.6 is 0 Å². The molecule has 2 aromatic carbocycles. The molecule has 0 aliphatic carbocycles. The molecule has 31 heavy (non-hydrogen) atoms. The molecular formula is C21H22N4O6. The van der Waals surface area contributed by atoms with E-state index >= 15 is 0 Å². The van der Waals surface area contributed by atoms with E-state index < -0.39 is 10.8 Å². The molecule has 0 aromatic heterocycles. The summed E-state index contributed by atoms with van der Waals surface area (Å²) in [7, 11) is 0. The second kappa shape index (κ2) is 10.3. The van der Waals surface area contributed by atoms with Gasteiger partial charge in [0, 0.05) is 30.3 Å². The number of rotatable bonds is 7. The van der Waals surface area contributed by atoms with Gasteiger partial charge in [0.25, 0.3) is 17.5 Å². The Balaban J connectivity index is 1.50. The predicted octanol–water partition coefficient (Wildman–Crippen LogP) is 1.90. The molecule has 2 amide bonds. The van der Waals surface area contributed by atoms with Crippen LogP contribution in [0.2, 0.25) is 0 Å². The van der Waals surface area contributed by atoms with E-state index in [9.17, 15) is 19.7 Å². The number of benzene rings is 2. The molecule has 0 unspecified atom stereocenters. The van der Waals surface area contributed by atoms with Gasteiger partial charge in [-0.15, -0.1) is 0 Å². The van der Waals surface area contributed by atoms with Gasteiger partial charge in [-0.3, -0.25) is 19.7 Å². The number of nitrogens with one attached hydrogen (secondary N) is 1. The first-order valence-corrected chi connectivity index (χ1v) is 9.61. The van der Waals surface area contributed by atoms with Crippen molar-refractivity contribution in [2.45, 2.75) is 6.92 Å². The Bertz CT molecular complexity index is 984. The Kier molecular flexibility index (Phi) is 7.28. The molecule has 0 bridgehead atoms. The predicted molar refractivity (Wildman–Crippen MR) is 112 cm³/mol. The smallest absolute Gasteiger partial charge is 0.273 e. The van der Waals surface area contributed by atoms with E-state index in [1.807, 2.05) is 0 Å². The number of amides is 2. The Morgan fingerprint density at radius 2 is 1.94 bits per heavy atom. The molecule has 1 heterocycles. The molecule has 1 N–H and O–H groups in total. The number of nitrogens with zero attached hydrogens (tertiary/aromatic N) is 3. The normalized spacial score (nSPS) is 13.8. The van der Waals surface area contributed by atoms with Crippen molar-refractivity contribution in [3.05, 3.63) is 69.3 Å². The van der Waals surface area contributed by atoms with Crippen LogP contribution in [-0.4, -0.2) is 60.8 Å². The van der Waals surface area contributed by atoms with Crippen molar-refractivity contribution in [1.29, 1.82) is 0 Å². The number of nitro groups is 1. The summed E-state index contributed by atoms with van der Waals surface area (Å²) in [4.78, 5) is 36.4. The van der Waals surface area contributed by atoms with Gasteiger partial charge in [-0.05, 0) is 42.8 Å². The van der Waals surface area contributed by atoms with E-state index in [-0.39, 0.29) is 23.8 Å². The van der Waals surface area contributed by atoms with E-state index in [0.29, 0.717) is 43.2 Å². The number of nitro benzene ring substituents is 1. The third-order valence-corrected chi connectivity index (χ3v) is 4.65. The van der Waals surface area contributed by atoms with Crippen LogP contribution in [0.5, 0.6) is 5.75 Å². The van der Waals surface area contributed by atoms with Crippen LogP contribution in [0, 0.1) is 17.0 Å². The monoisotopic (exact) mass is 426 g/mol. The van der Waals surface area contributed by atoms with Crippen molar-refractivity contribution >= 4 is 23.7 Å². The highest BCUT2D eigenvalue weighted by molar-refractivity contribution is 5.95. The minimum atomic E-state index is -0.555. The Morgan fingerprint density at radius 1 is 1.23 bits per heavy atom. The first-order valence-electron chi connectivity index (χ1n) is 9.61. The van der Waals surface area contributed by atoms with Gasteiger partial charge in [0.15, 0.2) is 6.61 Å². The average molecular weight is 426 g/mol. The number of carbonyl (C=O) groups is 2. The largest absolute Gasteiger partial charge is 0.484 e. The lowest BCUT2D eigenvalue weighted by Crippen LogP contribution is -2.42. The highest BCUT2D eigenvalue weighted by atomic mass is 16.6. The summed E-state index contributed by atoms with van der Waals surface area (Å²) in [6.07, 6.45) is 1.43. The van der Waals surface area contributed by atoms with Gasteiger partial charge in [-0.25, -0.2) is 5.43 Å². The SMILES string of the molecule is Cc1ccc(C(=O)N/N=C\c2ccc(OCC(=O)N3CCOCC3)cc2)cc1[N+](=O)[O-]. The summed E-state index contributed by atoms with van der Waals surface area (Å²) in [5.74, 6) is -0.108. The van der Waals surface area contributed by atoms with Gasteiger partial charge in [0.2, 0.25) is 0 Å². The third kappa shape index (κ3) is 6.09. The summed E-state index contributed by atoms with van der Waals surface area (Å²) in [5.41, 5.74) is 3.52. The van der Waals surface area contributed by atoms with Gasteiger partial charge >= 0.3 is 0 Å². The second-order valence-corrected chi connectivity index (χ2v) is 6.81. The Labute approximate surface area is 178 Å². The topological polar surface area (TPSA) is 123 Å². The zero-order valence-electron chi connectivity index (χ0n) is 16.9. The number of hydrogen-bond donors (Lipinski definition) is 1. The van der Waals surface area contributed by atoms with Gasteiger partial charge < -0.3 is 14.4 Å². The number of hydrazone groups is 1. The molecule has 1 aliphatic rings. The molecule has 0 spiro atoms. The van der Waals surface area contributed by atoms with E-state index in [2.05, 4.69) is 10.5 Å². The summed E-state index contributed by atoms with van der Waals surface area (Å²) in [6.45, 7) is 3.77. The number of ether oxygens (including phenoxy) is 2. The first-order chi connectivity index (χ1) is 14.9. The highest BCUT2D eigenvalue weighted by Crippen LogP contribution is 2.19. The quantitative estimate of drug-likeness (QED) is 0.410. The fourth-order valence-electron chi connectivity index (χ4n) is 2.88. The van der Waals surface area contributed by atoms with Crippen LogP contribution in [0.4, 0.5) is 5.69 Å². The van der Waals surface area contributed by atoms with Crippen LogP contribution in [-0.2, 0) is 9.53 Å². The molecule has 1 fully saturated rings. The molecule has 0 atom stereocenters. The fraction of sp³-hybridized carbons (Fsp3) is 0.286. The molecule has 0 saturated carbocycles. The lowest BCUT2D eigenvalue weighted by molar-refractivity contribution is -0.385. The lowest BCUT2D eigenvalue weighted by Gasteiger charge is -2.26. The number of aryl methyl sites for hydroxylation is 1. The Hall–Kier alpha value is -3.79. The van der Waals surface area contributed by atoms with E-state index in [1.165, 1.54) is 24.4 Å². The molecule has 1 aliphatic heterocycles. The van der Waals surface area contributed by atoms with E-state index in [0.717, 1.165) is 0 Å². The third-order valence-electron chi connectivity index (χ3n) is 4.65. The minimum Gasteiger partial charge on any atom is -0.484 e. The molecule has 10 nitrogen and oxygen atoms in total.